The van der Waals surface area contributed by atoms with Crippen LogP contribution >= 0.6 is 11.3 Å². The molecule has 0 atom stereocenters. The molecule has 0 bridgehead atoms. The van der Waals surface area contributed by atoms with E-state index in [1.165, 1.54) is 28.7 Å². The number of aryl methyl sites for hydroxylation is 2. The molecule has 1 aromatic carbocycles. The fourth-order valence-corrected chi connectivity index (χ4v) is 3.64. The summed E-state index contributed by atoms with van der Waals surface area (Å²) in [6.45, 7) is 5.34. The van der Waals surface area contributed by atoms with Crippen molar-refractivity contribution in [3.05, 3.63) is 52.2 Å². The minimum atomic E-state index is -0.373. The highest BCUT2D eigenvalue weighted by atomic mass is 32.1. The third-order valence-corrected chi connectivity index (χ3v) is 4.79. The molecule has 2 heterocycles. The second-order valence-corrected chi connectivity index (χ2v) is 6.33. The predicted molar refractivity (Wildman–Crippen MR) is 89.8 cm³/mol. The van der Waals surface area contributed by atoms with E-state index in [-0.39, 0.29) is 11.7 Å². The molecule has 120 valence electrons. The zero-order valence-electron chi connectivity index (χ0n) is 13.3. The maximum atomic E-state index is 12.2. The van der Waals surface area contributed by atoms with Gasteiger partial charge in [0, 0.05) is 13.7 Å². The number of fused-ring (bicyclic) bond motifs is 1. The SMILES string of the molecule is COCCn1c(=NC(=O)c2ccco2)sc2c(C)cc(C)cc21. The van der Waals surface area contributed by atoms with Gasteiger partial charge in [-0.3, -0.25) is 4.79 Å². The quantitative estimate of drug-likeness (QED) is 0.737. The molecule has 0 saturated carbocycles. The number of rotatable bonds is 4. The summed E-state index contributed by atoms with van der Waals surface area (Å²) in [5.74, 6) is -0.129. The van der Waals surface area contributed by atoms with Crippen LogP contribution in [0.25, 0.3) is 10.2 Å². The van der Waals surface area contributed by atoms with Crippen LogP contribution in [0.2, 0.25) is 0 Å². The Kier molecular flexibility index (Phi) is 4.45. The van der Waals surface area contributed by atoms with Crippen molar-refractivity contribution in [3.8, 4) is 0 Å². The number of benzene rings is 1. The summed E-state index contributed by atoms with van der Waals surface area (Å²) >= 11 is 1.51. The average molecular weight is 330 g/mol. The summed E-state index contributed by atoms with van der Waals surface area (Å²) in [5, 5.41) is 0. The Morgan fingerprint density at radius 2 is 2.22 bits per heavy atom. The lowest BCUT2D eigenvalue weighted by atomic mass is 10.1. The molecule has 0 saturated heterocycles. The van der Waals surface area contributed by atoms with Crippen molar-refractivity contribution in [2.75, 3.05) is 13.7 Å². The van der Waals surface area contributed by atoms with E-state index in [1.54, 1.807) is 19.2 Å². The number of hydrogen-bond donors (Lipinski definition) is 0. The first-order valence-electron chi connectivity index (χ1n) is 7.32. The largest absolute Gasteiger partial charge is 0.459 e. The zero-order chi connectivity index (χ0) is 16.4. The van der Waals surface area contributed by atoms with Crippen molar-refractivity contribution >= 4 is 27.5 Å². The Labute approximate surface area is 137 Å². The molecule has 1 amide bonds. The highest BCUT2D eigenvalue weighted by molar-refractivity contribution is 7.16. The second-order valence-electron chi connectivity index (χ2n) is 5.35. The van der Waals surface area contributed by atoms with E-state index in [4.69, 9.17) is 9.15 Å². The molecule has 0 aliphatic heterocycles. The standard InChI is InChI=1S/C17H18N2O3S/c1-11-9-12(2)15-13(10-11)19(6-8-21-3)17(23-15)18-16(20)14-5-4-7-22-14/h4-5,7,9-10H,6,8H2,1-3H3. The van der Waals surface area contributed by atoms with Crippen molar-refractivity contribution in [1.29, 1.82) is 0 Å². The van der Waals surface area contributed by atoms with Crippen molar-refractivity contribution in [2.24, 2.45) is 4.99 Å². The molecule has 3 rings (SSSR count). The Morgan fingerprint density at radius 1 is 1.39 bits per heavy atom. The van der Waals surface area contributed by atoms with Gasteiger partial charge in [-0.25, -0.2) is 0 Å². The smallest absolute Gasteiger partial charge is 0.315 e. The number of methoxy groups -OCH3 is 1. The van der Waals surface area contributed by atoms with Gasteiger partial charge in [-0.2, -0.15) is 4.99 Å². The summed E-state index contributed by atoms with van der Waals surface area (Å²) < 4.78 is 13.5. The molecule has 0 spiro atoms. The first-order chi connectivity index (χ1) is 11.1. The number of carbonyl (C=O) groups excluding carboxylic acids is 1. The Bertz CT molecular complexity index is 904. The van der Waals surface area contributed by atoms with Crippen LogP contribution in [-0.4, -0.2) is 24.2 Å². The minimum Gasteiger partial charge on any atom is -0.459 e. The molecule has 0 fully saturated rings. The van der Waals surface area contributed by atoms with E-state index >= 15 is 0 Å². The third-order valence-electron chi connectivity index (χ3n) is 3.56. The number of ether oxygens (including phenoxy) is 1. The summed E-state index contributed by atoms with van der Waals surface area (Å²) in [7, 11) is 1.66. The topological polar surface area (TPSA) is 56.7 Å². The summed E-state index contributed by atoms with van der Waals surface area (Å²) in [4.78, 5) is 17.1. The Morgan fingerprint density at radius 3 is 2.91 bits per heavy atom. The molecule has 2 aromatic heterocycles. The van der Waals surface area contributed by atoms with Gasteiger partial charge in [-0.1, -0.05) is 17.4 Å². The summed E-state index contributed by atoms with van der Waals surface area (Å²) in [6, 6.07) is 7.55. The fourth-order valence-electron chi connectivity index (χ4n) is 2.54. The zero-order valence-corrected chi connectivity index (χ0v) is 14.1. The Hall–Kier alpha value is -2.18. The minimum absolute atomic E-state index is 0.244. The number of hydrogen-bond acceptors (Lipinski definition) is 4. The molecule has 5 nitrogen and oxygen atoms in total. The van der Waals surface area contributed by atoms with E-state index in [0.717, 1.165) is 10.2 Å². The molecule has 6 heteroatoms. The highest BCUT2D eigenvalue weighted by Gasteiger charge is 2.12. The van der Waals surface area contributed by atoms with Gasteiger partial charge in [0.25, 0.3) is 0 Å². The normalized spacial score (nSPS) is 12.2. The average Bonchev–Trinajstić information content (AvgIpc) is 3.14. The monoisotopic (exact) mass is 330 g/mol. The first kappa shape index (κ1) is 15.7. The van der Waals surface area contributed by atoms with E-state index in [1.807, 2.05) is 4.57 Å². The van der Waals surface area contributed by atoms with Crippen molar-refractivity contribution in [3.63, 3.8) is 0 Å². The van der Waals surface area contributed by atoms with Crippen LogP contribution in [0, 0.1) is 13.8 Å². The lowest BCUT2D eigenvalue weighted by molar-refractivity contribution is 0.0971. The molecular weight excluding hydrogens is 312 g/mol. The number of furan rings is 1. The number of aromatic nitrogens is 1. The third kappa shape index (κ3) is 3.13. The second kappa shape index (κ2) is 6.52. The number of carbonyl (C=O) groups is 1. The van der Waals surface area contributed by atoms with Gasteiger partial charge in [-0.15, -0.1) is 0 Å². The summed E-state index contributed by atoms with van der Waals surface area (Å²) in [6.07, 6.45) is 1.47. The van der Waals surface area contributed by atoms with Crippen LogP contribution in [0.15, 0.2) is 39.9 Å². The first-order valence-corrected chi connectivity index (χ1v) is 8.14. The van der Waals surface area contributed by atoms with Gasteiger partial charge < -0.3 is 13.7 Å². The van der Waals surface area contributed by atoms with E-state index in [2.05, 4.69) is 31.0 Å². The van der Waals surface area contributed by atoms with Crippen LogP contribution in [-0.2, 0) is 11.3 Å². The van der Waals surface area contributed by atoms with Crippen LogP contribution in [0.5, 0.6) is 0 Å². The maximum absolute atomic E-state index is 12.2. The van der Waals surface area contributed by atoms with Crippen molar-refractivity contribution < 1.29 is 13.9 Å². The van der Waals surface area contributed by atoms with Gasteiger partial charge in [0.15, 0.2) is 10.6 Å². The van der Waals surface area contributed by atoms with Gasteiger partial charge >= 0.3 is 5.91 Å². The molecule has 3 aromatic rings. The molecule has 0 N–H and O–H groups in total. The number of thiazole rings is 1. The highest BCUT2D eigenvalue weighted by Crippen LogP contribution is 2.23. The van der Waals surface area contributed by atoms with Gasteiger partial charge in [-0.05, 0) is 43.2 Å². The van der Waals surface area contributed by atoms with Crippen molar-refractivity contribution in [2.45, 2.75) is 20.4 Å². The fraction of sp³-hybridized carbons (Fsp3) is 0.294. The maximum Gasteiger partial charge on any atom is 0.315 e. The van der Waals surface area contributed by atoms with E-state index in [9.17, 15) is 4.79 Å². The molecule has 0 aliphatic rings. The number of nitrogens with zero attached hydrogens (tertiary/aromatic N) is 2. The van der Waals surface area contributed by atoms with Crippen molar-refractivity contribution in [1.82, 2.24) is 4.57 Å². The Balaban J connectivity index is 2.18. The molecule has 0 aliphatic carbocycles. The van der Waals surface area contributed by atoms with Crippen LogP contribution < -0.4 is 4.80 Å². The van der Waals surface area contributed by atoms with Crippen LogP contribution in [0.1, 0.15) is 21.7 Å². The lowest BCUT2D eigenvalue weighted by Gasteiger charge is -2.05. The molecule has 0 radical (unpaired) electrons. The van der Waals surface area contributed by atoms with E-state index in [0.29, 0.717) is 18.0 Å². The van der Waals surface area contributed by atoms with Crippen LogP contribution in [0.4, 0.5) is 0 Å². The van der Waals surface area contributed by atoms with Gasteiger partial charge in [0.2, 0.25) is 0 Å². The summed E-state index contributed by atoms with van der Waals surface area (Å²) in [5.41, 5.74) is 3.45. The molecule has 23 heavy (non-hydrogen) atoms. The molecular formula is C17H18N2O3S. The lowest BCUT2D eigenvalue weighted by Crippen LogP contribution is -2.19. The van der Waals surface area contributed by atoms with Crippen LogP contribution in [0.3, 0.4) is 0 Å². The molecule has 0 unspecified atom stereocenters. The van der Waals surface area contributed by atoms with E-state index < -0.39 is 0 Å². The van der Waals surface area contributed by atoms with Gasteiger partial charge in [0.1, 0.15) is 0 Å². The van der Waals surface area contributed by atoms with Gasteiger partial charge in [0.05, 0.1) is 23.1 Å². The number of amides is 1. The predicted octanol–water partition coefficient (Wildman–Crippen LogP) is 3.30.